The van der Waals surface area contributed by atoms with Gasteiger partial charge in [-0.1, -0.05) is 42.6 Å². The molecule has 1 aliphatic rings. The van der Waals surface area contributed by atoms with Crippen LogP contribution in [0.5, 0.6) is 5.75 Å². The van der Waals surface area contributed by atoms with Crippen LogP contribution in [0.15, 0.2) is 47.4 Å². The third-order valence-electron chi connectivity index (χ3n) is 4.79. The van der Waals surface area contributed by atoms with Gasteiger partial charge in [0.05, 0.1) is 7.11 Å². The fourth-order valence-corrected chi connectivity index (χ4v) is 4.98. The second-order valence-corrected chi connectivity index (χ2v) is 8.83. The van der Waals surface area contributed by atoms with Crippen molar-refractivity contribution in [2.75, 3.05) is 7.11 Å². The molecule has 0 spiro atoms. The van der Waals surface area contributed by atoms with E-state index in [9.17, 15) is 13.2 Å². The number of halogens is 1. The Morgan fingerprint density at radius 2 is 1.89 bits per heavy atom. The Kier molecular flexibility index (Phi) is 6.59. The highest BCUT2D eigenvalue weighted by atomic mass is 35.5. The molecule has 0 atom stereocenters. The van der Waals surface area contributed by atoms with E-state index in [-0.39, 0.29) is 34.7 Å². The van der Waals surface area contributed by atoms with Crippen molar-refractivity contribution >= 4 is 27.5 Å². The number of carbonyl (C=O) groups excluding carboxylic acids is 1. The summed E-state index contributed by atoms with van der Waals surface area (Å²) >= 11 is 6.10. The highest BCUT2D eigenvalue weighted by molar-refractivity contribution is 7.89. The summed E-state index contributed by atoms with van der Waals surface area (Å²) in [5.41, 5.74) is 1.02. The Balaban J connectivity index is 1.79. The van der Waals surface area contributed by atoms with Crippen molar-refractivity contribution < 1.29 is 17.9 Å². The SMILES string of the molecule is COc1ccc(C(=O)NCc2ccccc2Cl)cc1S(=O)(=O)NC1CCCC1. The molecule has 0 heterocycles. The second-order valence-electron chi connectivity index (χ2n) is 6.74. The molecule has 1 fully saturated rings. The maximum atomic E-state index is 12.8. The molecule has 6 nitrogen and oxygen atoms in total. The highest BCUT2D eigenvalue weighted by Crippen LogP contribution is 2.27. The number of rotatable bonds is 7. The summed E-state index contributed by atoms with van der Waals surface area (Å²) in [6, 6.07) is 11.5. The first-order chi connectivity index (χ1) is 13.4. The Hall–Kier alpha value is -2.09. The van der Waals surface area contributed by atoms with Crippen LogP contribution >= 0.6 is 11.6 Å². The summed E-state index contributed by atoms with van der Waals surface area (Å²) in [4.78, 5) is 12.5. The van der Waals surface area contributed by atoms with Gasteiger partial charge >= 0.3 is 0 Å². The predicted octanol–water partition coefficient (Wildman–Crippen LogP) is 3.50. The van der Waals surface area contributed by atoms with Crippen LogP contribution in [-0.2, 0) is 16.6 Å². The third-order valence-corrected chi connectivity index (χ3v) is 6.70. The maximum Gasteiger partial charge on any atom is 0.251 e. The molecule has 1 amide bonds. The van der Waals surface area contributed by atoms with Crippen LogP contribution in [0.4, 0.5) is 0 Å². The normalized spacial score (nSPS) is 14.8. The zero-order chi connectivity index (χ0) is 20.1. The van der Waals surface area contributed by atoms with Gasteiger partial charge in [0.25, 0.3) is 5.91 Å². The Morgan fingerprint density at radius 1 is 1.18 bits per heavy atom. The summed E-state index contributed by atoms with van der Waals surface area (Å²) in [6.07, 6.45) is 3.66. The topological polar surface area (TPSA) is 84.5 Å². The maximum absolute atomic E-state index is 12.8. The van der Waals surface area contributed by atoms with E-state index in [1.807, 2.05) is 18.2 Å². The minimum absolute atomic E-state index is 0.0349. The van der Waals surface area contributed by atoms with Crippen molar-refractivity contribution in [1.82, 2.24) is 10.0 Å². The lowest BCUT2D eigenvalue weighted by atomic mass is 10.2. The number of carbonyl (C=O) groups is 1. The van der Waals surface area contributed by atoms with Crippen LogP contribution in [0, 0.1) is 0 Å². The summed E-state index contributed by atoms with van der Waals surface area (Å²) < 4.78 is 33.6. The Bertz CT molecular complexity index is 956. The number of hydrogen-bond donors (Lipinski definition) is 2. The van der Waals surface area contributed by atoms with Gasteiger partial charge in [-0.15, -0.1) is 0 Å². The number of methoxy groups -OCH3 is 1. The van der Waals surface area contributed by atoms with E-state index >= 15 is 0 Å². The van der Waals surface area contributed by atoms with Gasteiger partial charge in [-0.05, 0) is 42.7 Å². The quantitative estimate of drug-likeness (QED) is 0.715. The summed E-state index contributed by atoms with van der Waals surface area (Å²) in [7, 11) is -2.39. The Labute approximate surface area is 170 Å². The molecule has 2 aromatic rings. The molecule has 2 N–H and O–H groups in total. The molecular formula is C20H23ClN2O4S. The van der Waals surface area contributed by atoms with Crippen LogP contribution in [0.2, 0.25) is 5.02 Å². The van der Waals surface area contributed by atoms with Gasteiger partial charge in [0.15, 0.2) is 0 Å². The number of nitrogens with one attached hydrogen (secondary N) is 2. The lowest BCUT2D eigenvalue weighted by Crippen LogP contribution is -2.33. The first kappa shape index (κ1) is 20.6. The predicted molar refractivity (Wildman–Crippen MR) is 108 cm³/mol. The average Bonchev–Trinajstić information content (AvgIpc) is 3.19. The largest absolute Gasteiger partial charge is 0.495 e. The van der Waals surface area contributed by atoms with Crippen LogP contribution in [0.1, 0.15) is 41.6 Å². The fourth-order valence-electron chi connectivity index (χ4n) is 3.27. The molecule has 0 aliphatic heterocycles. The fraction of sp³-hybridized carbons (Fsp3) is 0.350. The van der Waals surface area contributed by atoms with Crippen molar-refractivity contribution in [3.8, 4) is 5.75 Å². The van der Waals surface area contributed by atoms with Crippen LogP contribution in [0.3, 0.4) is 0 Å². The molecule has 150 valence electrons. The first-order valence-electron chi connectivity index (χ1n) is 9.12. The molecule has 8 heteroatoms. The molecule has 0 saturated heterocycles. The Morgan fingerprint density at radius 3 is 2.57 bits per heavy atom. The molecular weight excluding hydrogens is 400 g/mol. The van der Waals surface area contributed by atoms with Crippen molar-refractivity contribution in [3.05, 3.63) is 58.6 Å². The molecule has 1 saturated carbocycles. The van der Waals surface area contributed by atoms with E-state index in [0.717, 1.165) is 31.2 Å². The minimum Gasteiger partial charge on any atom is -0.495 e. The number of ether oxygens (including phenoxy) is 1. The minimum atomic E-state index is -3.79. The van der Waals surface area contributed by atoms with Gasteiger partial charge < -0.3 is 10.1 Å². The molecule has 0 radical (unpaired) electrons. The molecule has 2 aromatic carbocycles. The van der Waals surface area contributed by atoms with Crippen molar-refractivity contribution in [2.45, 2.75) is 43.2 Å². The zero-order valence-corrected chi connectivity index (χ0v) is 17.1. The molecule has 0 bridgehead atoms. The average molecular weight is 423 g/mol. The summed E-state index contributed by atoms with van der Waals surface area (Å²) in [5, 5.41) is 3.32. The molecule has 0 aromatic heterocycles. The van der Waals surface area contributed by atoms with E-state index in [1.165, 1.54) is 25.3 Å². The van der Waals surface area contributed by atoms with Gasteiger partial charge in [0.2, 0.25) is 10.0 Å². The van der Waals surface area contributed by atoms with E-state index < -0.39 is 10.0 Å². The van der Waals surface area contributed by atoms with E-state index in [1.54, 1.807) is 6.07 Å². The van der Waals surface area contributed by atoms with Gasteiger partial charge in [0.1, 0.15) is 10.6 Å². The molecule has 0 unspecified atom stereocenters. The van der Waals surface area contributed by atoms with Gasteiger partial charge in [0, 0.05) is 23.2 Å². The number of benzene rings is 2. The van der Waals surface area contributed by atoms with Gasteiger partial charge in [-0.2, -0.15) is 0 Å². The molecule has 28 heavy (non-hydrogen) atoms. The highest BCUT2D eigenvalue weighted by Gasteiger charge is 2.26. The molecule has 3 rings (SSSR count). The smallest absolute Gasteiger partial charge is 0.251 e. The van der Waals surface area contributed by atoms with Crippen molar-refractivity contribution in [3.63, 3.8) is 0 Å². The van der Waals surface area contributed by atoms with Crippen molar-refractivity contribution in [1.29, 1.82) is 0 Å². The summed E-state index contributed by atoms with van der Waals surface area (Å²) in [6.45, 7) is 0.243. The van der Waals surface area contributed by atoms with E-state index in [2.05, 4.69) is 10.0 Å². The number of amides is 1. The zero-order valence-electron chi connectivity index (χ0n) is 15.6. The molecule has 1 aliphatic carbocycles. The van der Waals surface area contributed by atoms with Crippen molar-refractivity contribution in [2.24, 2.45) is 0 Å². The van der Waals surface area contributed by atoms with Crippen LogP contribution < -0.4 is 14.8 Å². The van der Waals surface area contributed by atoms with Crippen LogP contribution in [-0.4, -0.2) is 27.5 Å². The number of sulfonamides is 1. The lowest BCUT2D eigenvalue weighted by molar-refractivity contribution is 0.0950. The first-order valence-corrected chi connectivity index (χ1v) is 11.0. The monoisotopic (exact) mass is 422 g/mol. The van der Waals surface area contributed by atoms with E-state index in [4.69, 9.17) is 16.3 Å². The summed E-state index contributed by atoms with van der Waals surface area (Å²) in [5.74, 6) is -0.187. The second kappa shape index (κ2) is 8.94. The van der Waals surface area contributed by atoms with E-state index in [0.29, 0.717) is 5.02 Å². The van der Waals surface area contributed by atoms with Crippen LogP contribution in [0.25, 0.3) is 0 Å². The number of hydrogen-bond acceptors (Lipinski definition) is 4. The van der Waals surface area contributed by atoms with Gasteiger partial charge in [-0.25, -0.2) is 13.1 Å². The lowest BCUT2D eigenvalue weighted by Gasteiger charge is -2.16. The van der Waals surface area contributed by atoms with Gasteiger partial charge in [-0.3, -0.25) is 4.79 Å². The third kappa shape index (κ3) is 4.84. The standard InChI is InChI=1S/C20H23ClN2O4S/c1-27-18-11-10-14(20(24)22-13-15-6-2-5-9-17(15)21)12-19(18)28(25,26)23-16-7-3-4-8-16/h2,5-6,9-12,16,23H,3-4,7-8,13H2,1H3,(H,22,24).